The Hall–Kier alpha value is -1.94. The first-order valence-electron chi connectivity index (χ1n) is 43.8. The molecule has 0 aromatic heterocycles. The number of esters is 4. The quantitative estimate of drug-likeness (QED) is 0.0222. The number of phosphoric ester groups is 2. The van der Waals surface area contributed by atoms with Gasteiger partial charge in [-0.25, -0.2) is 9.13 Å². The number of phosphoric acid groups is 2. The van der Waals surface area contributed by atoms with Crippen molar-refractivity contribution in [2.45, 2.75) is 465 Å². The number of carbonyl (C=O) groups excluding carboxylic acids is 4. The molecule has 17 nitrogen and oxygen atoms in total. The van der Waals surface area contributed by atoms with Gasteiger partial charge in [0, 0.05) is 25.7 Å². The molecular weight excluding hydrogens is 1350 g/mol. The minimum absolute atomic E-state index is 0.106. The van der Waals surface area contributed by atoms with Crippen LogP contribution in [-0.2, 0) is 65.4 Å². The van der Waals surface area contributed by atoms with Crippen LogP contribution in [0.25, 0.3) is 0 Å². The van der Waals surface area contributed by atoms with Crippen LogP contribution in [-0.4, -0.2) is 96.7 Å². The molecule has 0 rings (SSSR count). The van der Waals surface area contributed by atoms with E-state index >= 15 is 0 Å². The van der Waals surface area contributed by atoms with E-state index in [1.54, 1.807) is 0 Å². The van der Waals surface area contributed by atoms with Crippen molar-refractivity contribution in [2.24, 2.45) is 17.8 Å². The molecule has 0 aromatic carbocycles. The lowest BCUT2D eigenvalue weighted by molar-refractivity contribution is -0.161. The summed E-state index contributed by atoms with van der Waals surface area (Å²) in [5, 5.41) is 10.7. The van der Waals surface area contributed by atoms with Crippen LogP contribution in [0, 0.1) is 17.8 Å². The fourth-order valence-electron chi connectivity index (χ4n) is 13.2. The minimum Gasteiger partial charge on any atom is -0.462 e. The number of ether oxygens (including phenoxy) is 4. The highest BCUT2D eigenvalue weighted by Crippen LogP contribution is 2.45. The van der Waals surface area contributed by atoms with Crippen molar-refractivity contribution in [3.05, 3.63) is 0 Å². The Balaban J connectivity index is 5.18. The van der Waals surface area contributed by atoms with Crippen LogP contribution in [0.4, 0.5) is 0 Å². The lowest BCUT2D eigenvalue weighted by atomic mass is 10.0. The van der Waals surface area contributed by atoms with Crippen molar-refractivity contribution >= 4 is 39.5 Å². The molecule has 0 saturated heterocycles. The smallest absolute Gasteiger partial charge is 0.462 e. The summed E-state index contributed by atoms with van der Waals surface area (Å²) < 4.78 is 68.7. The van der Waals surface area contributed by atoms with Gasteiger partial charge >= 0.3 is 39.5 Å². The third kappa shape index (κ3) is 78.2. The summed E-state index contributed by atoms with van der Waals surface area (Å²) in [6.45, 7) is 12.0. The number of hydrogen-bond acceptors (Lipinski definition) is 15. The zero-order valence-corrected chi connectivity index (χ0v) is 70.3. The predicted octanol–water partition coefficient (Wildman–Crippen LogP) is 25.7. The van der Waals surface area contributed by atoms with E-state index in [0.717, 1.165) is 114 Å². The van der Waals surface area contributed by atoms with Gasteiger partial charge in [0.15, 0.2) is 12.2 Å². The van der Waals surface area contributed by atoms with Gasteiger partial charge in [-0.05, 0) is 43.4 Å². The van der Waals surface area contributed by atoms with Gasteiger partial charge in [-0.3, -0.25) is 37.3 Å². The highest BCUT2D eigenvalue weighted by Gasteiger charge is 2.30. The van der Waals surface area contributed by atoms with E-state index in [-0.39, 0.29) is 25.7 Å². The molecule has 0 saturated carbocycles. The second-order valence-corrected chi connectivity index (χ2v) is 34.9. The summed E-state index contributed by atoms with van der Waals surface area (Å²) in [5.41, 5.74) is 0. The highest BCUT2D eigenvalue weighted by molar-refractivity contribution is 7.47. The van der Waals surface area contributed by atoms with Crippen LogP contribution in [0.15, 0.2) is 0 Å². The molecular formula is C85H166O17P2. The maximum atomic E-state index is 13.1. The summed E-state index contributed by atoms with van der Waals surface area (Å²) in [6, 6.07) is 0. The average molecular weight is 1520 g/mol. The summed E-state index contributed by atoms with van der Waals surface area (Å²) in [7, 11) is -9.92. The molecule has 0 bridgehead atoms. The monoisotopic (exact) mass is 1520 g/mol. The lowest BCUT2D eigenvalue weighted by Crippen LogP contribution is -2.30. The fraction of sp³-hybridized carbons (Fsp3) is 0.953. The van der Waals surface area contributed by atoms with Gasteiger partial charge < -0.3 is 33.8 Å². The third-order valence-corrected chi connectivity index (χ3v) is 21.8. The zero-order chi connectivity index (χ0) is 76.5. The van der Waals surface area contributed by atoms with Gasteiger partial charge in [0.25, 0.3) is 0 Å². The first kappa shape index (κ1) is 102. The Labute approximate surface area is 638 Å². The third-order valence-electron chi connectivity index (χ3n) is 19.9. The highest BCUT2D eigenvalue weighted by atomic mass is 31.2. The molecule has 5 atom stereocenters. The number of unbranched alkanes of at least 4 members (excludes halogenated alkanes) is 51. The normalized spacial score (nSPS) is 13.9. The van der Waals surface area contributed by atoms with Crippen LogP contribution in [0.3, 0.4) is 0 Å². The molecule has 19 heteroatoms. The van der Waals surface area contributed by atoms with Crippen molar-refractivity contribution in [3.63, 3.8) is 0 Å². The van der Waals surface area contributed by atoms with E-state index in [1.165, 1.54) is 250 Å². The van der Waals surface area contributed by atoms with Gasteiger partial charge in [0.1, 0.15) is 19.3 Å². The van der Waals surface area contributed by atoms with Crippen molar-refractivity contribution in [1.82, 2.24) is 0 Å². The molecule has 0 aromatic rings. The zero-order valence-electron chi connectivity index (χ0n) is 68.5. The Morgan fingerprint density at radius 1 is 0.260 bits per heavy atom. The number of rotatable bonds is 83. The van der Waals surface area contributed by atoms with Crippen LogP contribution in [0.2, 0.25) is 0 Å². The SMILES string of the molecule is CCCCCCCCCCC(=O)OC[C@H](COP(=O)(O)OC[C@H](O)COP(=O)(O)OC[C@@H](COC(=O)CCCCCCCCCCCCCCCCCCCCC(C)C)OC(=O)CCCCCCCCCCCCCCCCCCCCC(C)C)OC(=O)CCCCCCCCCCCCCC(C)C. The summed E-state index contributed by atoms with van der Waals surface area (Å²) in [4.78, 5) is 73.0. The molecule has 104 heavy (non-hydrogen) atoms. The van der Waals surface area contributed by atoms with Gasteiger partial charge in [0.2, 0.25) is 0 Å². The number of hydrogen-bond donors (Lipinski definition) is 3. The summed E-state index contributed by atoms with van der Waals surface area (Å²) in [6.07, 6.45) is 65.4. The van der Waals surface area contributed by atoms with E-state index < -0.39 is 97.5 Å². The Morgan fingerprint density at radius 2 is 0.442 bits per heavy atom. The molecule has 0 amide bonds. The maximum Gasteiger partial charge on any atom is 0.472 e. The molecule has 0 aliphatic rings. The van der Waals surface area contributed by atoms with Crippen molar-refractivity contribution < 1.29 is 80.2 Å². The average Bonchev–Trinajstić information content (AvgIpc) is 0.905. The molecule has 0 fully saturated rings. The molecule has 2 unspecified atom stereocenters. The molecule has 618 valence electrons. The molecule has 3 N–H and O–H groups in total. The standard InChI is InChI=1S/C85H166O17P2/c1-8-9-10-11-12-45-52-59-66-82(87)95-72-80(101-85(90)69-62-55-48-41-35-29-32-38-44-51-58-65-78(6)7)74-99-103(91,92)97-70-79(86)71-98-104(93,94)100-75-81(102-84(89)68-61-54-47-40-34-28-24-20-16-14-18-22-26-31-37-43-50-57-64-77(4)5)73-96-83(88)67-60-53-46-39-33-27-23-19-15-13-17-21-25-30-36-42-49-56-63-76(2)3/h76-81,86H,8-75H2,1-7H3,(H,91,92)(H,93,94)/t79-,80+,81+/m0/s1. The molecule has 0 aliphatic heterocycles. The van der Waals surface area contributed by atoms with E-state index in [0.29, 0.717) is 25.7 Å². The van der Waals surface area contributed by atoms with Gasteiger partial charge in [0.05, 0.1) is 26.4 Å². The first-order chi connectivity index (χ1) is 50.2. The lowest BCUT2D eigenvalue weighted by Gasteiger charge is -2.21. The summed E-state index contributed by atoms with van der Waals surface area (Å²) >= 11 is 0. The Kier molecular flexibility index (Phi) is 73.7. The largest absolute Gasteiger partial charge is 0.472 e. The molecule has 0 aliphatic carbocycles. The van der Waals surface area contributed by atoms with Gasteiger partial charge in [-0.2, -0.15) is 0 Å². The first-order valence-corrected chi connectivity index (χ1v) is 46.8. The van der Waals surface area contributed by atoms with Crippen LogP contribution in [0.5, 0.6) is 0 Å². The molecule has 0 radical (unpaired) electrons. The summed E-state index contributed by atoms with van der Waals surface area (Å²) in [5.74, 6) is 0.300. The van der Waals surface area contributed by atoms with Crippen molar-refractivity contribution in [3.8, 4) is 0 Å². The van der Waals surface area contributed by atoms with E-state index in [4.69, 9.17) is 37.0 Å². The van der Waals surface area contributed by atoms with Crippen molar-refractivity contribution in [1.29, 1.82) is 0 Å². The van der Waals surface area contributed by atoms with Crippen LogP contribution < -0.4 is 0 Å². The fourth-order valence-corrected chi connectivity index (χ4v) is 14.8. The van der Waals surface area contributed by atoms with Crippen LogP contribution >= 0.6 is 15.6 Å². The van der Waals surface area contributed by atoms with E-state index in [9.17, 15) is 43.2 Å². The molecule has 0 spiro atoms. The van der Waals surface area contributed by atoms with Crippen LogP contribution in [0.1, 0.15) is 447 Å². The van der Waals surface area contributed by atoms with E-state index in [1.807, 2.05) is 0 Å². The number of carbonyl (C=O) groups is 4. The number of aliphatic hydroxyl groups excluding tert-OH is 1. The minimum atomic E-state index is -4.96. The topological polar surface area (TPSA) is 237 Å². The second-order valence-electron chi connectivity index (χ2n) is 32.0. The Morgan fingerprint density at radius 3 is 0.654 bits per heavy atom. The maximum absolute atomic E-state index is 13.1. The van der Waals surface area contributed by atoms with E-state index in [2.05, 4.69) is 48.5 Å². The number of aliphatic hydroxyl groups is 1. The van der Waals surface area contributed by atoms with Gasteiger partial charge in [-0.15, -0.1) is 0 Å². The Bertz CT molecular complexity index is 2010. The van der Waals surface area contributed by atoms with Gasteiger partial charge in [-0.1, -0.05) is 395 Å². The second kappa shape index (κ2) is 75.1. The predicted molar refractivity (Wildman–Crippen MR) is 428 cm³/mol. The van der Waals surface area contributed by atoms with Crippen molar-refractivity contribution in [2.75, 3.05) is 39.6 Å². The molecule has 0 heterocycles.